The Bertz CT molecular complexity index is 1370. The number of nitrogens with zero attached hydrogens (tertiary/aromatic N) is 4. The van der Waals surface area contributed by atoms with Crippen molar-refractivity contribution in [1.29, 1.82) is 0 Å². The summed E-state index contributed by atoms with van der Waals surface area (Å²) in [7, 11) is 0. The highest BCUT2D eigenvalue weighted by molar-refractivity contribution is 7.19. The Labute approximate surface area is 227 Å². The Morgan fingerprint density at radius 3 is 2.32 bits per heavy atom. The number of benzene rings is 2. The number of esters is 1. The SMILES string of the molecule is CCOC(=O)c1ccc(-c2cnc3sc(-c4ccc(N5CCC(OC6CCCCC6)CC5)cc4)nn23)cc1. The van der Waals surface area contributed by atoms with Gasteiger partial charge >= 0.3 is 5.97 Å². The van der Waals surface area contributed by atoms with Crippen LogP contribution < -0.4 is 4.90 Å². The summed E-state index contributed by atoms with van der Waals surface area (Å²) in [5.74, 6) is -0.311. The fourth-order valence-corrected chi connectivity index (χ4v) is 6.42. The molecule has 0 N–H and O–H groups in total. The number of carbonyl (C=O) groups is 1. The molecule has 4 aromatic rings. The Kier molecular flexibility index (Phi) is 7.42. The zero-order valence-corrected chi connectivity index (χ0v) is 22.7. The van der Waals surface area contributed by atoms with E-state index in [1.165, 1.54) is 37.8 Å². The Morgan fingerprint density at radius 1 is 0.921 bits per heavy atom. The van der Waals surface area contributed by atoms with E-state index in [4.69, 9.17) is 14.6 Å². The fourth-order valence-electron chi connectivity index (χ4n) is 5.54. The highest BCUT2D eigenvalue weighted by Crippen LogP contribution is 2.32. The quantitative estimate of drug-likeness (QED) is 0.250. The van der Waals surface area contributed by atoms with E-state index in [9.17, 15) is 4.79 Å². The smallest absolute Gasteiger partial charge is 0.338 e. The van der Waals surface area contributed by atoms with E-state index >= 15 is 0 Å². The number of imidazole rings is 1. The number of fused-ring (bicyclic) bond motifs is 1. The van der Waals surface area contributed by atoms with Crippen LogP contribution in [0.5, 0.6) is 0 Å². The first-order valence-corrected chi connectivity index (χ1v) is 14.6. The summed E-state index contributed by atoms with van der Waals surface area (Å²) in [5.41, 5.74) is 4.73. The lowest BCUT2D eigenvalue weighted by atomic mass is 9.97. The summed E-state index contributed by atoms with van der Waals surface area (Å²) >= 11 is 1.58. The minimum atomic E-state index is -0.311. The Morgan fingerprint density at radius 2 is 1.61 bits per heavy atom. The number of hydrogen-bond acceptors (Lipinski definition) is 7. The second-order valence-electron chi connectivity index (χ2n) is 10.2. The van der Waals surface area contributed by atoms with Gasteiger partial charge in [0.05, 0.1) is 36.3 Å². The zero-order chi connectivity index (χ0) is 25.9. The number of piperidine rings is 1. The molecule has 38 heavy (non-hydrogen) atoms. The van der Waals surface area contributed by atoms with Crippen LogP contribution in [0.1, 0.15) is 62.2 Å². The molecule has 0 radical (unpaired) electrons. The van der Waals surface area contributed by atoms with E-state index < -0.39 is 0 Å². The lowest BCUT2D eigenvalue weighted by Gasteiger charge is -2.36. The van der Waals surface area contributed by atoms with Crippen molar-refractivity contribution in [3.63, 3.8) is 0 Å². The number of aromatic nitrogens is 3. The van der Waals surface area contributed by atoms with Crippen molar-refractivity contribution >= 4 is 28.0 Å². The van der Waals surface area contributed by atoms with Crippen LogP contribution in [0.25, 0.3) is 26.8 Å². The first kappa shape index (κ1) is 25.1. The monoisotopic (exact) mass is 530 g/mol. The molecule has 2 fully saturated rings. The summed E-state index contributed by atoms with van der Waals surface area (Å²) in [6, 6.07) is 16.1. The van der Waals surface area contributed by atoms with Crippen molar-refractivity contribution in [2.75, 3.05) is 24.6 Å². The average molecular weight is 531 g/mol. The molecule has 1 saturated heterocycles. The summed E-state index contributed by atoms with van der Waals surface area (Å²) in [5, 5.41) is 5.80. The summed E-state index contributed by atoms with van der Waals surface area (Å²) in [6.07, 6.45) is 11.4. The molecule has 2 aromatic heterocycles. The molecule has 7 nitrogen and oxygen atoms in total. The van der Waals surface area contributed by atoms with Crippen LogP contribution in [0.4, 0.5) is 5.69 Å². The maximum Gasteiger partial charge on any atom is 0.338 e. The molecule has 0 bridgehead atoms. The van der Waals surface area contributed by atoms with E-state index in [0.717, 1.165) is 52.7 Å². The predicted octanol–water partition coefficient (Wildman–Crippen LogP) is 6.62. The third-order valence-electron chi connectivity index (χ3n) is 7.64. The van der Waals surface area contributed by atoms with Gasteiger partial charge in [-0.25, -0.2) is 14.3 Å². The summed E-state index contributed by atoms with van der Waals surface area (Å²) < 4.78 is 13.4. The largest absolute Gasteiger partial charge is 0.462 e. The van der Waals surface area contributed by atoms with Crippen molar-refractivity contribution in [3.8, 4) is 21.8 Å². The second-order valence-corrected chi connectivity index (χ2v) is 11.1. The summed E-state index contributed by atoms with van der Waals surface area (Å²) in [6.45, 7) is 4.25. The Balaban J connectivity index is 1.11. The van der Waals surface area contributed by atoms with Crippen LogP contribution >= 0.6 is 11.3 Å². The van der Waals surface area contributed by atoms with E-state index in [1.807, 2.05) is 22.8 Å². The average Bonchev–Trinajstić information content (AvgIpc) is 3.56. The highest BCUT2D eigenvalue weighted by Gasteiger charge is 2.24. The Hall–Kier alpha value is -3.23. The lowest BCUT2D eigenvalue weighted by molar-refractivity contribution is -0.0395. The summed E-state index contributed by atoms with van der Waals surface area (Å²) in [4.78, 5) is 19.9. The number of hydrogen-bond donors (Lipinski definition) is 0. The number of ether oxygens (including phenoxy) is 2. The maximum absolute atomic E-state index is 12.0. The molecule has 1 saturated carbocycles. The normalized spacial score (nSPS) is 17.2. The van der Waals surface area contributed by atoms with Crippen LogP contribution in [0, 0.1) is 0 Å². The number of carbonyl (C=O) groups excluding carboxylic acids is 1. The van der Waals surface area contributed by atoms with Gasteiger partial charge in [0.2, 0.25) is 4.96 Å². The first-order valence-electron chi connectivity index (χ1n) is 13.8. The third kappa shape index (κ3) is 5.33. The van der Waals surface area contributed by atoms with Gasteiger partial charge in [-0.2, -0.15) is 5.10 Å². The first-order chi connectivity index (χ1) is 18.7. The third-order valence-corrected chi connectivity index (χ3v) is 8.61. The van der Waals surface area contributed by atoms with Gasteiger partial charge in [-0.1, -0.05) is 42.7 Å². The van der Waals surface area contributed by atoms with Crippen molar-refractivity contribution in [1.82, 2.24) is 14.6 Å². The molecule has 2 aliphatic rings. The van der Waals surface area contributed by atoms with Crippen LogP contribution in [-0.4, -0.2) is 52.5 Å². The zero-order valence-electron chi connectivity index (χ0n) is 21.8. The van der Waals surface area contributed by atoms with Gasteiger partial charge < -0.3 is 14.4 Å². The van der Waals surface area contributed by atoms with E-state index in [-0.39, 0.29) is 5.97 Å². The molecule has 3 heterocycles. The van der Waals surface area contributed by atoms with Crippen molar-refractivity contribution < 1.29 is 14.3 Å². The minimum absolute atomic E-state index is 0.311. The second kappa shape index (κ2) is 11.3. The van der Waals surface area contributed by atoms with E-state index in [0.29, 0.717) is 24.4 Å². The van der Waals surface area contributed by atoms with Crippen LogP contribution in [0.2, 0.25) is 0 Å². The molecule has 2 aromatic carbocycles. The molecule has 0 unspecified atom stereocenters. The molecule has 1 aliphatic carbocycles. The molecule has 198 valence electrons. The molecule has 8 heteroatoms. The van der Waals surface area contributed by atoms with Crippen molar-refractivity contribution in [2.45, 2.75) is 64.1 Å². The molecule has 0 atom stereocenters. The van der Waals surface area contributed by atoms with E-state index in [2.05, 4.69) is 34.1 Å². The lowest BCUT2D eigenvalue weighted by Crippen LogP contribution is -2.38. The van der Waals surface area contributed by atoms with Gasteiger partial charge in [0.1, 0.15) is 5.01 Å². The topological polar surface area (TPSA) is 69.0 Å². The predicted molar refractivity (Wildman–Crippen MR) is 151 cm³/mol. The molecule has 0 amide bonds. The van der Waals surface area contributed by atoms with Crippen LogP contribution in [-0.2, 0) is 9.47 Å². The minimum Gasteiger partial charge on any atom is -0.462 e. The fraction of sp³-hybridized carbons (Fsp3) is 0.433. The molecule has 1 aliphatic heterocycles. The van der Waals surface area contributed by atoms with Gasteiger partial charge in [-0.3, -0.25) is 0 Å². The molecular formula is C30H34N4O3S. The van der Waals surface area contributed by atoms with Crippen LogP contribution in [0.3, 0.4) is 0 Å². The van der Waals surface area contributed by atoms with Gasteiger partial charge in [-0.15, -0.1) is 0 Å². The van der Waals surface area contributed by atoms with E-state index in [1.54, 1.807) is 30.4 Å². The van der Waals surface area contributed by atoms with Crippen molar-refractivity contribution in [3.05, 3.63) is 60.3 Å². The number of anilines is 1. The van der Waals surface area contributed by atoms with Gasteiger partial charge in [0.25, 0.3) is 0 Å². The highest BCUT2D eigenvalue weighted by atomic mass is 32.1. The molecule has 6 rings (SSSR count). The van der Waals surface area contributed by atoms with Gasteiger partial charge in [0.15, 0.2) is 0 Å². The standard InChI is InChI=1S/C30H34N4O3S/c1-2-36-29(35)23-10-8-21(9-11-23)27-20-31-30-34(27)32-28(38-30)22-12-14-24(15-13-22)33-18-16-26(17-19-33)37-25-6-4-3-5-7-25/h8-15,20,25-26H,2-7,16-19H2,1H3. The van der Waals surface area contributed by atoms with Crippen LogP contribution in [0.15, 0.2) is 54.7 Å². The van der Waals surface area contributed by atoms with Gasteiger partial charge in [0, 0.05) is 29.9 Å². The van der Waals surface area contributed by atoms with Gasteiger partial charge in [-0.05, 0) is 69.0 Å². The van der Waals surface area contributed by atoms with Crippen molar-refractivity contribution in [2.24, 2.45) is 0 Å². The maximum atomic E-state index is 12.0. The number of rotatable bonds is 7. The molecular weight excluding hydrogens is 496 g/mol. The molecule has 0 spiro atoms.